The first-order valence-corrected chi connectivity index (χ1v) is 6.50. The fourth-order valence-electron chi connectivity index (χ4n) is 2.04. The van der Waals surface area contributed by atoms with Gasteiger partial charge in [-0.3, -0.25) is 4.79 Å². The SMILES string of the molecule is CC(C(=O)NCC(O)c1ccc(F)cc1)C1CNC1. The van der Waals surface area contributed by atoms with E-state index in [0.29, 0.717) is 11.5 Å². The molecule has 1 saturated heterocycles. The Bertz CT molecular complexity index is 432. The lowest BCUT2D eigenvalue weighted by molar-refractivity contribution is -0.127. The number of halogens is 1. The van der Waals surface area contributed by atoms with E-state index in [4.69, 9.17) is 0 Å². The fourth-order valence-corrected chi connectivity index (χ4v) is 2.04. The lowest BCUT2D eigenvalue weighted by atomic mass is 9.88. The number of hydrogen-bond acceptors (Lipinski definition) is 3. The molecule has 0 aliphatic carbocycles. The van der Waals surface area contributed by atoms with Gasteiger partial charge in [0.2, 0.25) is 5.91 Å². The van der Waals surface area contributed by atoms with Gasteiger partial charge in [-0.05, 0) is 36.7 Å². The van der Waals surface area contributed by atoms with Crippen LogP contribution in [0.4, 0.5) is 4.39 Å². The molecule has 2 atom stereocenters. The van der Waals surface area contributed by atoms with Crippen molar-refractivity contribution in [2.24, 2.45) is 11.8 Å². The normalized spacial score (nSPS) is 18.5. The highest BCUT2D eigenvalue weighted by atomic mass is 19.1. The molecule has 1 heterocycles. The summed E-state index contributed by atoms with van der Waals surface area (Å²) in [4.78, 5) is 11.9. The summed E-state index contributed by atoms with van der Waals surface area (Å²) in [5.74, 6) is -0.0663. The van der Waals surface area contributed by atoms with Gasteiger partial charge in [-0.2, -0.15) is 0 Å². The highest BCUT2D eigenvalue weighted by Gasteiger charge is 2.28. The molecule has 19 heavy (non-hydrogen) atoms. The van der Waals surface area contributed by atoms with Crippen molar-refractivity contribution in [3.63, 3.8) is 0 Å². The molecule has 1 fully saturated rings. The zero-order valence-corrected chi connectivity index (χ0v) is 10.9. The minimum absolute atomic E-state index is 0.0485. The van der Waals surface area contributed by atoms with Gasteiger partial charge in [0.05, 0.1) is 6.10 Å². The molecule has 0 aromatic heterocycles. The first kappa shape index (κ1) is 14.0. The zero-order valence-electron chi connectivity index (χ0n) is 10.9. The van der Waals surface area contributed by atoms with Crippen LogP contribution < -0.4 is 10.6 Å². The number of hydrogen-bond donors (Lipinski definition) is 3. The maximum Gasteiger partial charge on any atom is 0.223 e. The first-order chi connectivity index (χ1) is 9.08. The van der Waals surface area contributed by atoms with E-state index in [-0.39, 0.29) is 24.2 Å². The largest absolute Gasteiger partial charge is 0.387 e. The lowest BCUT2D eigenvalue weighted by Gasteiger charge is -2.31. The van der Waals surface area contributed by atoms with E-state index in [1.165, 1.54) is 24.3 Å². The van der Waals surface area contributed by atoms with Crippen LogP contribution in [0.2, 0.25) is 0 Å². The predicted octanol–water partition coefficient (Wildman–Crippen LogP) is 0.831. The van der Waals surface area contributed by atoms with E-state index in [0.717, 1.165) is 13.1 Å². The number of carbonyl (C=O) groups is 1. The van der Waals surface area contributed by atoms with Gasteiger partial charge in [0.1, 0.15) is 5.82 Å². The van der Waals surface area contributed by atoms with Crippen LogP contribution in [0.5, 0.6) is 0 Å². The zero-order chi connectivity index (χ0) is 13.8. The minimum Gasteiger partial charge on any atom is -0.387 e. The van der Waals surface area contributed by atoms with Gasteiger partial charge in [0.15, 0.2) is 0 Å². The second kappa shape index (κ2) is 6.12. The van der Waals surface area contributed by atoms with E-state index in [9.17, 15) is 14.3 Å². The summed E-state index contributed by atoms with van der Waals surface area (Å²) in [6, 6.07) is 5.63. The highest BCUT2D eigenvalue weighted by molar-refractivity contribution is 5.78. The van der Waals surface area contributed by atoms with Crippen molar-refractivity contribution in [2.45, 2.75) is 13.0 Å². The van der Waals surface area contributed by atoms with Crippen molar-refractivity contribution in [3.05, 3.63) is 35.6 Å². The molecule has 2 rings (SSSR count). The van der Waals surface area contributed by atoms with E-state index in [1.807, 2.05) is 6.92 Å². The summed E-state index contributed by atoms with van der Waals surface area (Å²) in [7, 11) is 0. The number of aliphatic hydroxyl groups excluding tert-OH is 1. The maximum absolute atomic E-state index is 12.7. The van der Waals surface area contributed by atoms with Crippen molar-refractivity contribution in [2.75, 3.05) is 19.6 Å². The Morgan fingerprint density at radius 2 is 2.11 bits per heavy atom. The third-order valence-corrected chi connectivity index (χ3v) is 3.66. The molecule has 1 aromatic rings. The summed E-state index contributed by atoms with van der Waals surface area (Å²) < 4.78 is 12.7. The van der Waals surface area contributed by atoms with Crippen molar-refractivity contribution in [1.82, 2.24) is 10.6 Å². The Morgan fingerprint density at radius 3 is 2.63 bits per heavy atom. The van der Waals surface area contributed by atoms with Gasteiger partial charge in [0.25, 0.3) is 0 Å². The van der Waals surface area contributed by atoms with Crippen LogP contribution in [0.15, 0.2) is 24.3 Å². The van der Waals surface area contributed by atoms with E-state index in [2.05, 4.69) is 10.6 Å². The number of nitrogens with one attached hydrogen (secondary N) is 2. The number of benzene rings is 1. The molecule has 0 bridgehead atoms. The number of aliphatic hydroxyl groups is 1. The molecule has 5 heteroatoms. The van der Waals surface area contributed by atoms with Crippen LogP contribution in [-0.4, -0.2) is 30.6 Å². The van der Waals surface area contributed by atoms with E-state index < -0.39 is 6.10 Å². The molecule has 1 aliphatic heterocycles. The van der Waals surface area contributed by atoms with Gasteiger partial charge in [-0.1, -0.05) is 19.1 Å². The van der Waals surface area contributed by atoms with Crippen LogP contribution >= 0.6 is 0 Å². The van der Waals surface area contributed by atoms with Crippen molar-refractivity contribution in [3.8, 4) is 0 Å². The smallest absolute Gasteiger partial charge is 0.223 e. The Morgan fingerprint density at radius 1 is 1.47 bits per heavy atom. The summed E-state index contributed by atoms with van der Waals surface area (Å²) in [5.41, 5.74) is 0.597. The van der Waals surface area contributed by atoms with Gasteiger partial charge < -0.3 is 15.7 Å². The van der Waals surface area contributed by atoms with Crippen molar-refractivity contribution < 1.29 is 14.3 Å². The predicted molar refractivity (Wildman–Crippen MR) is 69.9 cm³/mol. The topological polar surface area (TPSA) is 61.4 Å². The number of carbonyl (C=O) groups excluding carboxylic acids is 1. The Kier molecular flexibility index (Phi) is 4.50. The van der Waals surface area contributed by atoms with Crippen LogP contribution in [0.25, 0.3) is 0 Å². The maximum atomic E-state index is 12.7. The number of rotatable bonds is 5. The molecule has 1 amide bonds. The highest BCUT2D eigenvalue weighted by Crippen LogP contribution is 2.17. The average molecular weight is 266 g/mol. The Hall–Kier alpha value is -1.46. The third-order valence-electron chi connectivity index (χ3n) is 3.66. The summed E-state index contributed by atoms with van der Waals surface area (Å²) >= 11 is 0. The lowest BCUT2D eigenvalue weighted by Crippen LogP contribution is -2.50. The standard InChI is InChI=1S/C14H19FN2O2/c1-9(11-6-16-7-11)14(19)17-8-13(18)10-2-4-12(15)5-3-10/h2-5,9,11,13,16,18H,6-8H2,1H3,(H,17,19). The van der Waals surface area contributed by atoms with Crippen molar-refractivity contribution in [1.29, 1.82) is 0 Å². The number of amides is 1. The minimum atomic E-state index is -0.809. The first-order valence-electron chi connectivity index (χ1n) is 6.50. The molecule has 1 aliphatic rings. The summed E-state index contributed by atoms with van der Waals surface area (Å²) in [6.07, 6.45) is -0.809. The van der Waals surface area contributed by atoms with Gasteiger partial charge in [0, 0.05) is 12.5 Å². The third kappa shape index (κ3) is 3.52. The molecule has 3 N–H and O–H groups in total. The second-order valence-electron chi connectivity index (χ2n) is 5.02. The Balaban J connectivity index is 1.80. The second-order valence-corrected chi connectivity index (χ2v) is 5.02. The summed E-state index contributed by atoms with van der Waals surface area (Å²) in [5, 5.41) is 15.8. The van der Waals surface area contributed by atoms with E-state index >= 15 is 0 Å². The average Bonchev–Trinajstić information content (AvgIpc) is 2.34. The van der Waals surface area contributed by atoms with Crippen molar-refractivity contribution >= 4 is 5.91 Å². The quantitative estimate of drug-likeness (QED) is 0.740. The molecule has 0 radical (unpaired) electrons. The van der Waals surface area contributed by atoms with Gasteiger partial charge in [-0.25, -0.2) is 4.39 Å². The van der Waals surface area contributed by atoms with Crippen LogP contribution in [-0.2, 0) is 4.79 Å². The Labute approximate surface area is 112 Å². The van der Waals surface area contributed by atoms with Gasteiger partial charge in [-0.15, -0.1) is 0 Å². The molecule has 104 valence electrons. The molecule has 0 spiro atoms. The molecule has 0 saturated carbocycles. The van der Waals surface area contributed by atoms with E-state index in [1.54, 1.807) is 0 Å². The molecular formula is C14H19FN2O2. The van der Waals surface area contributed by atoms with Gasteiger partial charge >= 0.3 is 0 Å². The van der Waals surface area contributed by atoms with Crippen LogP contribution in [0, 0.1) is 17.7 Å². The summed E-state index contributed by atoms with van der Waals surface area (Å²) in [6.45, 7) is 3.78. The fraction of sp³-hybridized carbons (Fsp3) is 0.500. The molecule has 1 aromatic carbocycles. The molecular weight excluding hydrogens is 247 g/mol. The van der Waals surface area contributed by atoms with Crippen LogP contribution in [0.1, 0.15) is 18.6 Å². The molecule has 2 unspecified atom stereocenters. The van der Waals surface area contributed by atoms with Crippen LogP contribution in [0.3, 0.4) is 0 Å². The monoisotopic (exact) mass is 266 g/mol. The molecule has 4 nitrogen and oxygen atoms in total.